The van der Waals surface area contributed by atoms with E-state index >= 15 is 0 Å². The van der Waals surface area contributed by atoms with E-state index in [2.05, 4.69) is 0 Å². The number of para-hydroxylation sites is 1. The van der Waals surface area contributed by atoms with Crippen molar-refractivity contribution in [2.24, 2.45) is 5.73 Å². The lowest BCUT2D eigenvalue weighted by Gasteiger charge is -2.21. The van der Waals surface area contributed by atoms with Crippen molar-refractivity contribution in [2.75, 3.05) is 11.4 Å². The fraction of sp³-hybridized carbons (Fsp3) is 0.462. The second-order valence-electron chi connectivity index (χ2n) is 3.99. The molecule has 1 atom stereocenters. The smallest absolute Gasteiger partial charge is 0.227 e. The van der Waals surface area contributed by atoms with Crippen molar-refractivity contribution in [3.63, 3.8) is 0 Å². The molecule has 2 N–H and O–H groups in total. The summed E-state index contributed by atoms with van der Waals surface area (Å²) in [7, 11) is 0. The average Bonchev–Trinajstić information content (AvgIpc) is 2.29. The summed E-state index contributed by atoms with van der Waals surface area (Å²) in [4.78, 5) is 13.7. The van der Waals surface area contributed by atoms with Gasteiger partial charge in [0.15, 0.2) is 0 Å². The highest BCUT2D eigenvalue weighted by molar-refractivity contribution is 5.93. The number of nitrogens with two attached hydrogens (primary N) is 1. The highest BCUT2D eigenvalue weighted by Crippen LogP contribution is 2.14. The molecule has 0 aliphatic rings. The highest BCUT2D eigenvalue weighted by Gasteiger charge is 2.13. The summed E-state index contributed by atoms with van der Waals surface area (Å²) in [6.45, 7) is 4.60. The van der Waals surface area contributed by atoms with Gasteiger partial charge in [0.25, 0.3) is 0 Å². The Morgan fingerprint density at radius 3 is 2.41 bits per heavy atom. The number of rotatable bonds is 5. The van der Waals surface area contributed by atoms with Gasteiger partial charge in [0.05, 0.1) is 0 Å². The van der Waals surface area contributed by atoms with E-state index in [1.165, 1.54) is 0 Å². The summed E-state index contributed by atoms with van der Waals surface area (Å²) in [5.41, 5.74) is 6.61. The Morgan fingerprint density at radius 1 is 1.35 bits per heavy atom. The van der Waals surface area contributed by atoms with E-state index in [9.17, 15) is 4.79 Å². The molecule has 0 aliphatic heterocycles. The van der Waals surface area contributed by atoms with Gasteiger partial charge in [0.2, 0.25) is 5.91 Å². The van der Waals surface area contributed by atoms with Gasteiger partial charge in [-0.05, 0) is 32.4 Å². The van der Waals surface area contributed by atoms with Crippen molar-refractivity contribution in [1.29, 1.82) is 0 Å². The summed E-state index contributed by atoms with van der Waals surface area (Å²) in [6.07, 6.45) is 1.25. The zero-order valence-corrected chi connectivity index (χ0v) is 11.2. The Kier molecular flexibility index (Phi) is 7.59. The minimum Gasteiger partial charge on any atom is -0.328 e. The molecule has 1 unspecified atom stereocenters. The third kappa shape index (κ3) is 5.20. The Morgan fingerprint density at radius 2 is 1.94 bits per heavy atom. The van der Waals surface area contributed by atoms with E-state index < -0.39 is 0 Å². The Hall–Kier alpha value is -1.06. The van der Waals surface area contributed by atoms with Crippen LogP contribution < -0.4 is 10.6 Å². The standard InChI is InChI=1S/C13H20N2O.ClH/c1-3-15(12-7-5-4-6-8-12)13(16)10-9-11(2)14;/h4-8,11H,3,9-10,14H2,1-2H3;1H. The number of nitrogens with zero attached hydrogens (tertiary/aromatic N) is 1. The van der Waals surface area contributed by atoms with Crippen molar-refractivity contribution in [3.05, 3.63) is 30.3 Å². The predicted octanol–water partition coefficient (Wildman–Crippen LogP) is 2.59. The molecule has 0 bridgehead atoms. The maximum absolute atomic E-state index is 11.9. The minimum atomic E-state index is 0. The fourth-order valence-corrected chi connectivity index (χ4v) is 1.60. The van der Waals surface area contributed by atoms with E-state index in [1.54, 1.807) is 4.90 Å². The predicted molar refractivity (Wildman–Crippen MR) is 74.6 cm³/mol. The van der Waals surface area contributed by atoms with Gasteiger partial charge in [0, 0.05) is 24.7 Å². The molecule has 0 fully saturated rings. The third-order valence-corrected chi connectivity index (χ3v) is 2.50. The number of benzene rings is 1. The fourth-order valence-electron chi connectivity index (χ4n) is 1.60. The lowest BCUT2D eigenvalue weighted by molar-refractivity contribution is -0.118. The number of amides is 1. The van der Waals surface area contributed by atoms with Crippen LogP contribution in [-0.4, -0.2) is 18.5 Å². The summed E-state index contributed by atoms with van der Waals surface area (Å²) in [6, 6.07) is 9.82. The Balaban J connectivity index is 0.00000256. The Labute approximate surface area is 109 Å². The quantitative estimate of drug-likeness (QED) is 0.880. The largest absolute Gasteiger partial charge is 0.328 e. The van der Waals surface area contributed by atoms with Crippen LogP contribution in [0.3, 0.4) is 0 Å². The molecule has 0 radical (unpaired) electrons. The summed E-state index contributed by atoms with van der Waals surface area (Å²) in [5.74, 6) is 0.144. The zero-order valence-electron chi connectivity index (χ0n) is 10.4. The van der Waals surface area contributed by atoms with Gasteiger partial charge in [-0.1, -0.05) is 18.2 Å². The lowest BCUT2D eigenvalue weighted by Crippen LogP contribution is -2.31. The molecule has 1 aromatic rings. The molecule has 3 nitrogen and oxygen atoms in total. The van der Waals surface area contributed by atoms with E-state index in [4.69, 9.17) is 5.73 Å². The number of hydrogen-bond donors (Lipinski definition) is 1. The number of anilines is 1. The van der Waals surface area contributed by atoms with Gasteiger partial charge in [-0.3, -0.25) is 4.79 Å². The number of halogens is 1. The lowest BCUT2D eigenvalue weighted by atomic mass is 10.1. The molecule has 0 saturated heterocycles. The first kappa shape index (κ1) is 15.9. The van der Waals surface area contributed by atoms with Crippen molar-refractivity contribution in [2.45, 2.75) is 32.7 Å². The van der Waals surface area contributed by atoms with Crippen LogP contribution in [-0.2, 0) is 4.79 Å². The van der Waals surface area contributed by atoms with Crippen LogP contribution in [0.5, 0.6) is 0 Å². The number of carbonyl (C=O) groups is 1. The van der Waals surface area contributed by atoms with Gasteiger partial charge in [-0.25, -0.2) is 0 Å². The SMILES string of the molecule is CCN(C(=O)CCC(C)N)c1ccccc1.Cl. The topological polar surface area (TPSA) is 46.3 Å². The maximum Gasteiger partial charge on any atom is 0.227 e. The van der Waals surface area contributed by atoms with Gasteiger partial charge in [-0.15, -0.1) is 12.4 Å². The zero-order chi connectivity index (χ0) is 12.0. The van der Waals surface area contributed by atoms with Gasteiger partial charge in [0.1, 0.15) is 0 Å². The summed E-state index contributed by atoms with van der Waals surface area (Å²) < 4.78 is 0. The molecule has 1 amide bonds. The van der Waals surface area contributed by atoms with Crippen molar-refractivity contribution in [3.8, 4) is 0 Å². The molecule has 0 heterocycles. The molecule has 0 spiro atoms. The first-order valence-corrected chi connectivity index (χ1v) is 5.76. The van der Waals surface area contributed by atoms with E-state index in [0.29, 0.717) is 13.0 Å². The first-order chi connectivity index (χ1) is 7.65. The minimum absolute atomic E-state index is 0. The second-order valence-corrected chi connectivity index (χ2v) is 3.99. The molecule has 0 saturated carbocycles. The molecule has 4 heteroatoms. The molecule has 0 aliphatic carbocycles. The molecule has 1 aromatic carbocycles. The van der Waals surface area contributed by atoms with Crippen LogP contribution in [0.4, 0.5) is 5.69 Å². The molecular formula is C13H21ClN2O. The van der Waals surface area contributed by atoms with Gasteiger partial charge >= 0.3 is 0 Å². The average molecular weight is 257 g/mol. The van der Waals surface area contributed by atoms with Crippen LogP contribution in [0.2, 0.25) is 0 Å². The molecular weight excluding hydrogens is 236 g/mol. The highest BCUT2D eigenvalue weighted by atomic mass is 35.5. The van der Waals surface area contributed by atoms with Crippen LogP contribution in [0.15, 0.2) is 30.3 Å². The van der Waals surface area contributed by atoms with Crippen LogP contribution >= 0.6 is 12.4 Å². The van der Waals surface area contributed by atoms with E-state index in [-0.39, 0.29) is 24.4 Å². The van der Waals surface area contributed by atoms with Crippen molar-refractivity contribution >= 4 is 24.0 Å². The van der Waals surface area contributed by atoms with Crippen LogP contribution in [0.25, 0.3) is 0 Å². The summed E-state index contributed by atoms with van der Waals surface area (Å²) in [5, 5.41) is 0. The molecule has 1 rings (SSSR count). The first-order valence-electron chi connectivity index (χ1n) is 5.76. The van der Waals surface area contributed by atoms with Gasteiger partial charge in [-0.2, -0.15) is 0 Å². The third-order valence-electron chi connectivity index (χ3n) is 2.50. The van der Waals surface area contributed by atoms with Crippen molar-refractivity contribution in [1.82, 2.24) is 0 Å². The van der Waals surface area contributed by atoms with E-state index in [1.807, 2.05) is 44.2 Å². The van der Waals surface area contributed by atoms with Crippen LogP contribution in [0, 0.1) is 0 Å². The number of hydrogen-bond acceptors (Lipinski definition) is 2. The van der Waals surface area contributed by atoms with Crippen molar-refractivity contribution < 1.29 is 4.79 Å². The molecule has 17 heavy (non-hydrogen) atoms. The Bertz CT molecular complexity index is 327. The van der Waals surface area contributed by atoms with Gasteiger partial charge < -0.3 is 10.6 Å². The summed E-state index contributed by atoms with van der Waals surface area (Å²) >= 11 is 0. The number of carbonyl (C=O) groups excluding carboxylic acids is 1. The monoisotopic (exact) mass is 256 g/mol. The van der Waals surface area contributed by atoms with E-state index in [0.717, 1.165) is 12.1 Å². The molecule has 0 aromatic heterocycles. The maximum atomic E-state index is 11.9. The second kappa shape index (κ2) is 8.09. The van der Waals surface area contributed by atoms with Crippen LogP contribution in [0.1, 0.15) is 26.7 Å². The molecule has 96 valence electrons. The normalized spacial score (nSPS) is 11.5.